The van der Waals surface area contributed by atoms with Crippen LogP contribution >= 0.6 is 0 Å². The van der Waals surface area contributed by atoms with Gasteiger partial charge in [0.2, 0.25) is 11.5 Å². The van der Waals surface area contributed by atoms with Gasteiger partial charge in [-0.2, -0.15) is 13.2 Å². The Morgan fingerprint density at radius 2 is 1.95 bits per heavy atom. The molecule has 2 N–H and O–H groups in total. The Morgan fingerprint density at radius 1 is 1.36 bits per heavy atom. The molecule has 1 atom stereocenters. The van der Waals surface area contributed by atoms with Crippen LogP contribution < -0.4 is 10.6 Å². The molecule has 0 saturated heterocycles. The molecule has 0 fully saturated rings. The van der Waals surface area contributed by atoms with Gasteiger partial charge in [-0.3, -0.25) is 4.79 Å². The summed E-state index contributed by atoms with van der Waals surface area (Å²) < 4.78 is 45.3. The van der Waals surface area contributed by atoms with E-state index in [1.165, 1.54) is 25.4 Å². The average molecular weight is 316 g/mol. The van der Waals surface area contributed by atoms with E-state index in [1.807, 2.05) is 10.6 Å². The van der Waals surface area contributed by atoms with Gasteiger partial charge in [0.15, 0.2) is 0 Å². The smallest absolute Gasteiger partial charge is 0.425 e. The van der Waals surface area contributed by atoms with Gasteiger partial charge in [0.05, 0.1) is 7.11 Å². The third-order valence-electron chi connectivity index (χ3n) is 3.07. The van der Waals surface area contributed by atoms with Crippen molar-refractivity contribution in [2.45, 2.75) is 18.6 Å². The number of hydrogen-bond acceptors (Lipinski definition) is 6. The zero-order chi connectivity index (χ0) is 16.5. The number of aromatic nitrogens is 2. The summed E-state index contributed by atoms with van der Waals surface area (Å²) in [6.07, 6.45) is -2.74. The molecule has 1 unspecified atom stereocenters. The number of carbonyl (C=O) groups excluding carboxylic acids is 2. The summed E-state index contributed by atoms with van der Waals surface area (Å²) in [7, 11) is 0.922. The molecule has 7 nitrogen and oxygen atoms in total. The Bertz CT molecular complexity index is 645. The third-order valence-corrected chi connectivity index (χ3v) is 3.07. The lowest BCUT2D eigenvalue weighted by Gasteiger charge is -2.31. The molecule has 2 heterocycles. The predicted octanol–water partition coefficient (Wildman–Crippen LogP) is 0.766. The van der Waals surface area contributed by atoms with E-state index in [0.29, 0.717) is 0 Å². The number of ether oxygens (including phenoxy) is 1. The molecular formula is C12H11F3N4O3. The summed E-state index contributed by atoms with van der Waals surface area (Å²) in [6.45, 7) is 1.17. The Morgan fingerprint density at radius 3 is 2.45 bits per heavy atom. The molecule has 1 amide bonds. The molecule has 2 rings (SSSR count). The number of halogens is 3. The minimum atomic E-state index is -5.13. The van der Waals surface area contributed by atoms with E-state index in [9.17, 15) is 22.8 Å². The lowest BCUT2D eigenvalue weighted by molar-refractivity contribution is -0.179. The number of allylic oxidation sites excluding steroid dienone is 1. The maximum absolute atomic E-state index is 13.7. The van der Waals surface area contributed by atoms with Crippen molar-refractivity contribution < 1.29 is 27.5 Å². The number of carbonyl (C=O) groups is 2. The van der Waals surface area contributed by atoms with Crippen LogP contribution in [0.25, 0.3) is 0 Å². The first-order valence-corrected chi connectivity index (χ1v) is 5.97. The van der Waals surface area contributed by atoms with Crippen LogP contribution in [0.15, 0.2) is 29.7 Å². The number of nitrogens with zero attached hydrogens (tertiary/aromatic N) is 2. The lowest BCUT2D eigenvalue weighted by atomic mass is 9.89. The number of methoxy groups -OCH3 is 1. The van der Waals surface area contributed by atoms with Gasteiger partial charge in [-0.15, -0.1) is 0 Å². The molecule has 22 heavy (non-hydrogen) atoms. The van der Waals surface area contributed by atoms with Crippen molar-refractivity contribution in [2.24, 2.45) is 0 Å². The molecule has 1 aliphatic heterocycles. The quantitative estimate of drug-likeness (QED) is 0.800. The molecule has 1 aliphatic rings. The number of hydrogen-bond donors (Lipinski definition) is 2. The number of amides is 1. The highest BCUT2D eigenvalue weighted by molar-refractivity contribution is 6.10. The summed E-state index contributed by atoms with van der Waals surface area (Å²) in [5.74, 6) is -3.19. The molecule has 118 valence electrons. The van der Waals surface area contributed by atoms with Gasteiger partial charge < -0.3 is 15.4 Å². The monoisotopic (exact) mass is 316 g/mol. The molecular weight excluding hydrogens is 305 g/mol. The summed E-state index contributed by atoms with van der Waals surface area (Å²) in [6, 6.07) is 1.39. The highest BCUT2D eigenvalue weighted by atomic mass is 19.4. The summed E-state index contributed by atoms with van der Waals surface area (Å²) in [5.41, 5.74) is -4.44. The maximum atomic E-state index is 13.7. The number of alkyl halides is 3. The van der Waals surface area contributed by atoms with Crippen LogP contribution in [0.5, 0.6) is 0 Å². The first kappa shape index (κ1) is 15.7. The molecule has 0 radical (unpaired) electrons. The Balaban J connectivity index is 2.63. The Labute approximate surface area is 122 Å². The second-order valence-electron chi connectivity index (χ2n) is 4.39. The number of rotatable bonds is 3. The fraction of sp³-hybridized carbons (Fsp3) is 0.333. The summed E-state index contributed by atoms with van der Waals surface area (Å²) in [4.78, 5) is 31.0. The van der Waals surface area contributed by atoms with Crippen LogP contribution in [0.4, 0.5) is 19.1 Å². The molecule has 0 spiro atoms. The normalized spacial score (nSPS) is 21.6. The van der Waals surface area contributed by atoms with Gasteiger partial charge in [0.25, 0.3) is 5.91 Å². The van der Waals surface area contributed by atoms with Crippen molar-refractivity contribution in [2.75, 3.05) is 12.4 Å². The van der Waals surface area contributed by atoms with Crippen molar-refractivity contribution >= 4 is 17.8 Å². The Hall–Kier alpha value is -2.65. The zero-order valence-corrected chi connectivity index (χ0v) is 11.5. The molecule has 0 saturated carbocycles. The van der Waals surface area contributed by atoms with Gasteiger partial charge in [0.1, 0.15) is 5.57 Å². The van der Waals surface area contributed by atoms with Crippen molar-refractivity contribution in [3.63, 3.8) is 0 Å². The van der Waals surface area contributed by atoms with E-state index < -0.39 is 35.1 Å². The second kappa shape index (κ2) is 5.28. The second-order valence-corrected chi connectivity index (χ2v) is 4.39. The van der Waals surface area contributed by atoms with Crippen molar-refractivity contribution in [3.8, 4) is 0 Å². The van der Waals surface area contributed by atoms with Crippen LogP contribution in [-0.4, -0.2) is 40.7 Å². The molecule has 10 heteroatoms. The zero-order valence-electron chi connectivity index (χ0n) is 11.5. The van der Waals surface area contributed by atoms with Gasteiger partial charge in [-0.05, 0) is 13.0 Å². The fourth-order valence-corrected chi connectivity index (χ4v) is 2.12. The maximum Gasteiger partial charge on any atom is 0.425 e. The van der Waals surface area contributed by atoms with E-state index in [4.69, 9.17) is 0 Å². The van der Waals surface area contributed by atoms with Gasteiger partial charge >= 0.3 is 12.1 Å². The van der Waals surface area contributed by atoms with Crippen LogP contribution in [0.1, 0.15) is 6.92 Å². The van der Waals surface area contributed by atoms with Gasteiger partial charge in [0, 0.05) is 18.1 Å². The largest absolute Gasteiger partial charge is 0.466 e. The van der Waals surface area contributed by atoms with Crippen LogP contribution in [0.2, 0.25) is 0 Å². The van der Waals surface area contributed by atoms with Crippen molar-refractivity contribution in [1.82, 2.24) is 15.3 Å². The van der Waals surface area contributed by atoms with Crippen molar-refractivity contribution in [3.05, 3.63) is 29.7 Å². The van der Waals surface area contributed by atoms with E-state index >= 15 is 0 Å². The molecule has 1 aromatic heterocycles. The SMILES string of the molecule is COC(=O)C1=C(C)NC(=O)C1(Nc1ncccn1)C(F)(F)F. The van der Waals surface area contributed by atoms with E-state index in [2.05, 4.69) is 14.7 Å². The van der Waals surface area contributed by atoms with Crippen LogP contribution in [0.3, 0.4) is 0 Å². The fourth-order valence-electron chi connectivity index (χ4n) is 2.12. The average Bonchev–Trinajstić information content (AvgIpc) is 2.70. The summed E-state index contributed by atoms with van der Waals surface area (Å²) >= 11 is 0. The van der Waals surface area contributed by atoms with Crippen molar-refractivity contribution in [1.29, 1.82) is 0 Å². The highest BCUT2D eigenvalue weighted by Gasteiger charge is 2.68. The summed E-state index contributed by atoms with van der Waals surface area (Å²) in [5, 5.41) is 3.92. The first-order valence-electron chi connectivity index (χ1n) is 5.97. The number of nitrogens with one attached hydrogen (secondary N) is 2. The van der Waals surface area contributed by atoms with E-state index in [-0.39, 0.29) is 5.70 Å². The molecule has 0 bridgehead atoms. The third kappa shape index (κ3) is 2.26. The highest BCUT2D eigenvalue weighted by Crippen LogP contribution is 2.43. The molecule has 0 aliphatic carbocycles. The Kier molecular flexibility index (Phi) is 3.77. The van der Waals surface area contributed by atoms with E-state index in [0.717, 1.165) is 7.11 Å². The standard InChI is InChI=1S/C12H11F3N4O3/c1-6-7(8(20)22-2)11(9(21)18-6,12(13,14)15)19-10-16-4-3-5-17-10/h3-5H,1-2H3,(H,18,21)(H,16,17,19). The van der Waals surface area contributed by atoms with Crippen LogP contribution in [-0.2, 0) is 14.3 Å². The lowest BCUT2D eigenvalue weighted by Crippen LogP contribution is -2.60. The number of anilines is 1. The van der Waals surface area contributed by atoms with Crippen LogP contribution in [0, 0.1) is 0 Å². The number of esters is 1. The minimum Gasteiger partial charge on any atom is -0.466 e. The topological polar surface area (TPSA) is 93.2 Å². The van der Waals surface area contributed by atoms with Gasteiger partial charge in [-0.1, -0.05) is 0 Å². The molecule has 1 aromatic rings. The minimum absolute atomic E-state index is 0.252. The predicted molar refractivity (Wildman–Crippen MR) is 67.3 cm³/mol. The van der Waals surface area contributed by atoms with Gasteiger partial charge in [-0.25, -0.2) is 14.8 Å². The van der Waals surface area contributed by atoms with E-state index in [1.54, 1.807) is 0 Å². The molecule has 0 aromatic carbocycles. The first-order chi connectivity index (χ1) is 10.2.